The second-order valence-corrected chi connectivity index (χ2v) is 8.39. The van der Waals surface area contributed by atoms with Gasteiger partial charge in [0.05, 0.1) is 16.8 Å². The molecule has 3 aromatic rings. The molecule has 4 rings (SSSR count). The normalized spacial score (nSPS) is 14.4. The number of benzene rings is 2. The van der Waals surface area contributed by atoms with Gasteiger partial charge in [0, 0.05) is 46.3 Å². The molecule has 0 unspecified atom stereocenters. The number of carbonyl (C=O) groups excluding carboxylic acids is 1. The Morgan fingerprint density at radius 1 is 1.15 bits per heavy atom. The molecule has 138 valence electrons. The largest absolute Gasteiger partial charge is 0.354 e. The first-order chi connectivity index (χ1) is 13.1. The van der Waals surface area contributed by atoms with E-state index in [1.165, 1.54) is 12.1 Å². The minimum atomic E-state index is -0.359. The maximum atomic E-state index is 13.9. The standard InChI is InChI=1S/C20H17BrFN3OS/c21-13-1-4-15(5-2-13)24-19-16-11-14(22)3-6-18(16)23-12-17(19)20(26)25-7-9-27-10-8-25/h1-6,11-12H,7-10H2,(H,23,24). The summed E-state index contributed by atoms with van der Waals surface area (Å²) in [4.78, 5) is 19.4. The third-order valence-electron chi connectivity index (χ3n) is 4.47. The van der Waals surface area contributed by atoms with Gasteiger partial charge in [0.25, 0.3) is 5.91 Å². The highest BCUT2D eigenvalue weighted by Crippen LogP contribution is 2.31. The Bertz CT molecular complexity index is 990. The number of aromatic nitrogens is 1. The van der Waals surface area contributed by atoms with Crippen molar-refractivity contribution < 1.29 is 9.18 Å². The molecular weight excluding hydrogens is 429 g/mol. The smallest absolute Gasteiger partial charge is 0.257 e. The molecule has 1 saturated heterocycles. The molecule has 1 N–H and O–H groups in total. The minimum absolute atomic E-state index is 0.0754. The van der Waals surface area contributed by atoms with Gasteiger partial charge in [-0.25, -0.2) is 4.39 Å². The molecule has 0 saturated carbocycles. The first-order valence-corrected chi connectivity index (χ1v) is 10.5. The van der Waals surface area contributed by atoms with Crippen LogP contribution in [0.25, 0.3) is 10.9 Å². The second kappa shape index (κ2) is 7.86. The Labute approximate surface area is 169 Å². The number of carbonyl (C=O) groups is 1. The molecule has 2 aromatic carbocycles. The van der Waals surface area contributed by atoms with Crippen molar-refractivity contribution in [2.75, 3.05) is 29.9 Å². The van der Waals surface area contributed by atoms with Crippen molar-refractivity contribution in [1.29, 1.82) is 0 Å². The van der Waals surface area contributed by atoms with Crippen LogP contribution in [0, 0.1) is 5.82 Å². The number of rotatable bonds is 3. The fraction of sp³-hybridized carbons (Fsp3) is 0.200. The molecule has 0 aliphatic carbocycles. The summed E-state index contributed by atoms with van der Waals surface area (Å²) < 4.78 is 14.9. The second-order valence-electron chi connectivity index (χ2n) is 6.24. The molecule has 1 aromatic heterocycles. The molecule has 0 atom stereocenters. The first kappa shape index (κ1) is 18.3. The predicted molar refractivity (Wildman–Crippen MR) is 112 cm³/mol. The fourth-order valence-electron chi connectivity index (χ4n) is 3.08. The summed E-state index contributed by atoms with van der Waals surface area (Å²) in [7, 11) is 0. The Balaban J connectivity index is 1.81. The van der Waals surface area contributed by atoms with E-state index in [0.717, 1.165) is 21.7 Å². The maximum absolute atomic E-state index is 13.9. The summed E-state index contributed by atoms with van der Waals surface area (Å²) in [5.41, 5.74) is 2.51. The molecule has 1 amide bonds. The van der Waals surface area contributed by atoms with E-state index in [2.05, 4.69) is 26.2 Å². The van der Waals surface area contributed by atoms with E-state index in [-0.39, 0.29) is 11.7 Å². The van der Waals surface area contributed by atoms with Gasteiger partial charge in [-0.2, -0.15) is 11.8 Å². The zero-order valence-corrected chi connectivity index (χ0v) is 16.8. The van der Waals surface area contributed by atoms with Gasteiger partial charge < -0.3 is 10.2 Å². The van der Waals surface area contributed by atoms with Gasteiger partial charge in [0.2, 0.25) is 0 Å². The number of nitrogens with zero attached hydrogens (tertiary/aromatic N) is 2. The van der Waals surface area contributed by atoms with E-state index < -0.39 is 0 Å². The number of hydrogen-bond acceptors (Lipinski definition) is 4. The summed E-state index contributed by atoms with van der Waals surface area (Å²) in [5, 5.41) is 3.90. The molecule has 1 aliphatic rings. The lowest BCUT2D eigenvalue weighted by Crippen LogP contribution is -2.38. The average molecular weight is 446 g/mol. The van der Waals surface area contributed by atoms with Gasteiger partial charge in [0.1, 0.15) is 5.82 Å². The van der Waals surface area contributed by atoms with Crippen LogP contribution in [0.15, 0.2) is 53.1 Å². The molecular formula is C20H17BrFN3OS. The molecule has 2 heterocycles. The van der Waals surface area contributed by atoms with Crippen LogP contribution in [-0.4, -0.2) is 40.4 Å². The number of amides is 1. The molecule has 7 heteroatoms. The number of halogens is 2. The van der Waals surface area contributed by atoms with Crippen LogP contribution in [-0.2, 0) is 0 Å². The number of pyridine rings is 1. The van der Waals surface area contributed by atoms with E-state index in [1.807, 2.05) is 40.9 Å². The van der Waals surface area contributed by atoms with Crippen molar-refractivity contribution in [1.82, 2.24) is 9.88 Å². The Morgan fingerprint density at radius 3 is 2.63 bits per heavy atom. The van der Waals surface area contributed by atoms with Crippen molar-refractivity contribution in [3.05, 3.63) is 64.5 Å². The summed E-state index contributed by atoms with van der Waals surface area (Å²) in [5.74, 6) is 1.42. The molecule has 27 heavy (non-hydrogen) atoms. The Hall–Kier alpha value is -2.12. The van der Waals surface area contributed by atoms with Crippen LogP contribution in [0.1, 0.15) is 10.4 Å². The summed E-state index contributed by atoms with van der Waals surface area (Å²) in [6, 6.07) is 12.1. The third kappa shape index (κ3) is 3.94. The molecule has 4 nitrogen and oxygen atoms in total. The third-order valence-corrected chi connectivity index (χ3v) is 5.94. The predicted octanol–water partition coefficient (Wildman–Crippen LogP) is 5.07. The minimum Gasteiger partial charge on any atom is -0.354 e. The Morgan fingerprint density at radius 2 is 1.89 bits per heavy atom. The summed E-state index contributed by atoms with van der Waals surface area (Å²) >= 11 is 5.26. The van der Waals surface area contributed by atoms with E-state index in [9.17, 15) is 9.18 Å². The van der Waals surface area contributed by atoms with Crippen molar-refractivity contribution in [2.45, 2.75) is 0 Å². The van der Waals surface area contributed by atoms with E-state index in [4.69, 9.17) is 0 Å². The summed E-state index contributed by atoms with van der Waals surface area (Å²) in [6.45, 7) is 1.42. The van der Waals surface area contributed by atoms with Gasteiger partial charge in [-0.15, -0.1) is 0 Å². The zero-order valence-electron chi connectivity index (χ0n) is 14.4. The van der Waals surface area contributed by atoms with Crippen LogP contribution in [0.5, 0.6) is 0 Å². The van der Waals surface area contributed by atoms with E-state index in [1.54, 1.807) is 12.3 Å². The van der Waals surface area contributed by atoms with Crippen LogP contribution in [0.3, 0.4) is 0 Å². The van der Waals surface area contributed by atoms with Crippen molar-refractivity contribution in [3.63, 3.8) is 0 Å². The van der Waals surface area contributed by atoms with E-state index in [0.29, 0.717) is 35.2 Å². The van der Waals surface area contributed by atoms with Gasteiger partial charge in [-0.3, -0.25) is 9.78 Å². The number of anilines is 2. The van der Waals surface area contributed by atoms with Crippen LogP contribution in [0.4, 0.5) is 15.8 Å². The van der Waals surface area contributed by atoms with Crippen LogP contribution in [0.2, 0.25) is 0 Å². The quantitative estimate of drug-likeness (QED) is 0.611. The molecule has 1 aliphatic heterocycles. The van der Waals surface area contributed by atoms with Crippen LogP contribution >= 0.6 is 27.7 Å². The number of fused-ring (bicyclic) bond motifs is 1. The van der Waals surface area contributed by atoms with Crippen molar-refractivity contribution in [3.8, 4) is 0 Å². The fourth-order valence-corrected chi connectivity index (χ4v) is 4.24. The molecule has 0 spiro atoms. The van der Waals surface area contributed by atoms with Gasteiger partial charge in [-0.05, 0) is 42.5 Å². The van der Waals surface area contributed by atoms with Gasteiger partial charge >= 0.3 is 0 Å². The lowest BCUT2D eigenvalue weighted by molar-refractivity contribution is 0.0773. The van der Waals surface area contributed by atoms with Crippen molar-refractivity contribution >= 4 is 55.9 Å². The molecule has 1 fully saturated rings. The number of hydrogen-bond donors (Lipinski definition) is 1. The number of nitrogens with one attached hydrogen (secondary N) is 1. The van der Waals surface area contributed by atoms with Crippen molar-refractivity contribution in [2.24, 2.45) is 0 Å². The molecule has 0 radical (unpaired) electrons. The Kier molecular flexibility index (Phi) is 5.31. The monoisotopic (exact) mass is 445 g/mol. The highest BCUT2D eigenvalue weighted by Gasteiger charge is 2.23. The lowest BCUT2D eigenvalue weighted by atomic mass is 10.1. The first-order valence-electron chi connectivity index (χ1n) is 8.60. The topological polar surface area (TPSA) is 45.2 Å². The maximum Gasteiger partial charge on any atom is 0.257 e. The SMILES string of the molecule is O=C(c1cnc2ccc(F)cc2c1Nc1ccc(Br)cc1)N1CCSCC1. The lowest BCUT2D eigenvalue weighted by Gasteiger charge is -2.27. The molecule has 0 bridgehead atoms. The highest BCUT2D eigenvalue weighted by atomic mass is 79.9. The van der Waals surface area contributed by atoms with Gasteiger partial charge in [0.15, 0.2) is 0 Å². The average Bonchev–Trinajstić information content (AvgIpc) is 2.70. The van der Waals surface area contributed by atoms with Gasteiger partial charge in [-0.1, -0.05) is 15.9 Å². The highest BCUT2D eigenvalue weighted by molar-refractivity contribution is 9.10. The number of thioether (sulfide) groups is 1. The summed E-state index contributed by atoms with van der Waals surface area (Å²) in [6.07, 6.45) is 1.59. The van der Waals surface area contributed by atoms with Crippen LogP contribution < -0.4 is 5.32 Å². The van der Waals surface area contributed by atoms with E-state index >= 15 is 0 Å². The zero-order chi connectivity index (χ0) is 18.8.